The lowest BCUT2D eigenvalue weighted by atomic mass is 10.1. The number of nitrogens with two attached hydrogens (primary N) is 1. The van der Waals surface area contributed by atoms with E-state index in [0.717, 1.165) is 5.56 Å². The van der Waals surface area contributed by atoms with E-state index in [9.17, 15) is 26.7 Å². The summed E-state index contributed by atoms with van der Waals surface area (Å²) in [5.74, 6) is 0. The molecule has 0 aromatic heterocycles. The molecule has 1 aromatic rings. The van der Waals surface area contributed by atoms with Crippen LogP contribution in [0.15, 0.2) is 29.2 Å². The number of aliphatic hydroxyl groups is 1. The minimum atomic E-state index is -4.52. The van der Waals surface area contributed by atoms with Crippen LogP contribution in [0.4, 0.5) is 13.2 Å². The van der Waals surface area contributed by atoms with E-state index in [0.29, 0.717) is 0 Å². The maximum Gasteiger partial charge on any atom is 0.390 e. The van der Waals surface area contributed by atoms with Crippen molar-refractivity contribution in [3.05, 3.63) is 29.8 Å². The van der Waals surface area contributed by atoms with Crippen molar-refractivity contribution in [3.8, 4) is 0 Å². The van der Waals surface area contributed by atoms with Gasteiger partial charge in [0, 0.05) is 12.6 Å². The normalized spacial score (nSPS) is 15.7. The quantitative estimate of drug-likeness (QED) is 0.725. The van der Waals surface area contributed by atoms with E-state index in [-0.39, 0.29) is 4.90 Å². The Morgan fingerprint density at radius 2 is 1.81 bits per heavy atom. The standard InChI is InChI=1S/C12H17F3N2O3S/c1-8-2-4-9(5-3-8)21(19,20)17-7-11(18)10(16)6-12(13,14)15/h2-5,10-11,17-18H,6-7,16H2,1H3. The molecule has 9 heteroatoms. The summed E-state index contributed by atoms with van der Waals surface area (Å²) in [5.41, 5.74) is 6.05. The first-order chi connectivity index (χ1) is 9.51. The molecule has 21 heavy (non-hydrogen) atoms. The highest BCUT2D eigenvalue weighted by Gasteiger charge is 2.33. The molecule has 0 aliphatic carbocycles. The number of hydrogen-bond acceptors (Lipinski definition) is 4. The molecule has 2 atom stereocenters. The first-order valence-corrected chi connectivity index (χ1v) is 7.56. The van der Waals surface area contributed by atoms with Crippen LogP contribution in [0, 0.1) is 6.92 Å². The Morgan fingerprint density at radius 1 is 1.29 bits per heavy atom. The predicted molar refractivity (Wildman–Crippen MR) is 71.0 cm³/mol. The van der Waals surface area contributed by atoms with Crippen LogP contribution < -0.4 is 10.5 Å². The third-order valence-electron chi connectivity index (χ3n) is 2.78. The van der Waals surface area contributed by atoms with Crippen molar-refractivity contribution in [3.63, 3.8) is 0 Å². The summed E-state index contributed by atoms with van der Waals surface area (Å²) >= 11 is 0. The van der Waals surface area contributed by atoms with Crippen LogP contribution in [0.1, 0.15) is 12.0 Å². The number of aryl methyl sites for hydroxylation is 1. The fourth-order valence-electron chi connectivity index (χ4n) is 1.55. The smallest absolute Gasteiger partial charge is 0.390 e. The Labute approximate surface area is 121 Å². The van der Waals surface area contributed by atoms with E-state index in [2.05, 4.69) is 0 Å². The topological polar surface area (TPSA) is 92.4 Å². The van der Waals surface area contributed by atoms with E-state index < -0.39 is 41.3 Å². The SMILES string of the molecule is Cc1ccc(S(=O)(=O)NCC(O)C(N)CC(F)(F)F)cc1. The fourth-order valence-corrected chi connectivity index (χ4v) is 2.60. The molecular weight excluding hydrogens is 309 g/mol. The maximum absolute atomic E-state index is 12.1. The molecule has 0 radical (unpaired) electrons. The van der Waals surface area contributed by atoms with Crippen LogP contribution in [0.2, 0.25) is 0 Å². The first kappa shape index (κ1) is 17.9. The average Bonchev–Trinajstić information content (AvgIpc) is 2.34. The highest BCUT2D eigenvalue weighted by atomic mass is 32.2. The fraction of sp³-hybridized carbons (Fsp3) is 0.500. The molecule has 0 spiro atoms. The first-order valence-electron chi connectivity index (χ1n) is 6.08. The molecule has 0 heterocycles. The molecule has 120 valence electrons. The third-order valence-corrected chi connectivity index (χ3v) is 4.21. The van der Waals surface area contributed by atoms with Gasteiger partial charge in [0.1, 0.15) is 0 Å². The third kappa shape index (κ3) is 6.00. The van der Waals surface area contributed by atoms with Crippen LogP contribution in [0.5, 0.6) is 0 Å². The van der Waals surface area contributed by atoms with Crippen molar-refractivity contribution in [2.45, 2.75) is 36.6 Å². The molecule has 5 nitrogen and oxygen atoms in total. The largest absolute Gasteiger partial charge is 0.390 e. The molecule has 0 bridgehead atoms. The van der Waals surface area contributed by atoms with Crippen molar-refractivity contribution in [1.82, 2.24) is 4.72 Å². The second-order valence-corrected chi connectivity index (χ2v) is 6.48. The van der Waals surface area contributed by atoms with Crippen molar-refractivity contribution in [2.24, 2.45) is 5.73 Å². The lowest BCUT2D eigenvalue weighted by Gasteiger charge is -2.20. The van der Waals surface area contributed by atoms with Crippen molar-refractivity contribution in [2.75, 3.05) is 6.54 Å². The molecule has 0 aliphatic heterocycles. The van der Waals surface area contributed by atoms with Crippen molar-refractivity contribution < 1.29 is 26.7 Å². The number of aliphatic hydroxyl groups excluding tert-OH is 1. The Bertz CT molecular complexity index is 558. The summed E-state index contributed by atoms with van der Waals surface area (Å²) < 4.78 is 62.1. The van der Waals surface area contributed by atoms with Gasteiger partial charge in [-0.3, -0.25) is 0 Å². The van der Waals surface area contributed by atoms with Gasteiger partial charge in [-0.25, -0.2) is 13.1 Å². The number of rotatable bonds is 6. The van der Waals surface area contributed by atoms with Crippen LogP contribution in [-0.2, 0) is 10.0 Å². The van der Waals surface area contributed by atoms with E-state index in [1.165, 1.54) is 12.1 Å². The van der Waals surface area contributed by atoms with Crippen LogP contribution >= 0.6 is 0 Å². The number of benzene rings is 1. The summed E-state index contributed by atoms with van der Waals surface area (Å²) in [6.45, 7) is 1.19. The van der Waals surface area contributed by atoms with Gasteiger partial charge in [0.15, 0.2) is 0 Å². The second-order valence-electron chi connectivity index (χ2n) is 4.72. The van der Waals surface area contributed by atoms with Crippen LogP contribution in [0.3, 0.4) is 0 Å². The molecule has 0 saturated heterocycles. The van der Waals surface area contributed by atoms with Crippen LogP contribution in [-0.4, -0.2) is 38.4 Å². The molecule has 0 saturated carbocycles. The Hall–Kier alpha value is -1.16. The van der Waals surface area contributed by atoms with Gasteiger partial charge in [0.25, 0.3) is 0 Å². The summed E-state index contributed by atoms with van der Waals surface area (Å²) in [7, 11) is -3.90. The maximum atomic E-state index is 12.1. The number of alkyl halides is 3. The summed E-state index contributed by atoms with van der Waals surface area (Å²) in [6, 6.07) is 4.30. The molecule has 1 aromatic carbocycles. The Kier molecular flexibility index (Phi) is 5.74. The molecule has 0 fully saturated rings. The zero-order chi connectivity index (χ0) is 16.3. The average molecular weight is 326 g/mol. The predicted octanol–water partition coefficient (Wildman–Crippen LogP) is 0.914. The van der Waals surface area contributed by atoms with E-state index >= 15 is 0 Å². The molecule has 1 rings (SSSR count). The van der Waals surface area contributed by atoms with Gasteiger partial charge in [0.05, 0.1) is 17.4 Å². The van der Waals surface area contributed by atoms with Gasteiger partial charge < -0.3 is 10.8 Å². The number of hydrogen-bond donors (Lipinski definition) is 3. The highest BCUT2D eigenvalue weighted by molar-refractivity contribution is 7.89. The van der Waals surface area contributed by atoms with Gasteiger partial charge in [-0.2, -0.15) is 13.2 Å². The summed E-state index contributed by atoms with van der Waals surface area (Å²) in [4.78, 5) is -0.0373. The lowest BCUT2D eigenvalue weighted by Crippen LogP contribution is -2.45. The van der Waals surface area contributed by atoms with Crippen LogP contribution in [0.25, 0.3) is 0 Å². The van der Waals surface area contributed by atoms with Crippen molar-refractivity contribution >= 4 is 10.0 Å². The van der Waals surface area contributed by atoms with Gasteiger partial charge >= 0.3 is 6.18 Å². The minimum Gasteiger partial charge on any atom is -0.390 e. The summed E-state index contributed by atoms with van der Waals surface area (Å²) in [5, 5.41) is 9.48. The molecule has 4 N–H and O–H groups in total. The van der Waals surface area contributed by atoms with E-state index in [1.807, 2.05) is 4.72 Å². The second kappa shape index (κ2) is 6.73. The Morgan fingerprint density at radius 3 is 2.29 bits per heavy atom. The monoisotopic (exact) mass is 326 g/mol. The molecule has 0 amide bonds. The molecule has 0 aliphatic rings. The van der Waals surface area contributed by atoms with Gasteiger partial charge in [-0.05, 0) is 19.1 Å². The van der Waals surface area contributed by atoms with E-state index in [4.69, 9.17) is 5.73 Å². The van der Waals surface area contributed by atoms with Gasteiger partial charge in [-0.1, -0.05) is 17.7 Å². The zero-order valence-corrected chi connectivity index (χ0v) is 12.1. The number of nitrogens with one attached hydrogen (secondary N) is 1. The molecular formula is C12H17F3N2O3S. The van der Waals surface area contributed by atoms with Gasteiger partial charge in [0.2, 0.25) is 10.0 Å². The number of sulfonamides is 1. The number of halogens is 3. The van der Waals surface area contributed by atoms with E-state index in [1.54, 1.807) is 19.1 Å². The lowest BCUT2D eigenvalue weighted by molar-refractivity contribution is -0.143. The highest BCUT2D eigenvalue weighted by Crippen LogP contribution is 2.21. The summed E-state index contributed by atoms with van der Waals surface area (Å²) in [6.07, 6.45) is -7.54. The zero-order valence-electron chi connectivity index (χ0n) is 11.3. The molecule has 2 unspecified atom stereocenters. The minimum absolute atomic E-state index is 0.0373. The Balaban J connectivity index is 2.63. The van der Waals surface area contributed by atoms with Gasteiger partial charge in [-0.15, -0.1) is 0 Å². The van der Waals surface area contributed by atoms with Crippen molar-refractivity contribution in [1.29, 1.82) is 0 Å².